The van der Waals surface area contributed by atoms with E-state index < -0.39 is 0 Å². The van der Waals surface area contributed by atoms with Crippen LogP contribution in [0.15, 0.2) is 24.3 Å². The second kappa shape index (κ2) is 4.30. The molecule has 1 aliphatic rings. The summed E-state index contributed by atoms with van der Waals surface area (Å²) in [6, 6.07) is 7.59. The molecular formula is C11H13ClO2. The van der Waals surface area contributed by atoms with Crippen molar-refractivity contribution >= 4 is 11.6 Å². The van der Waals surface area contributed by atoms with Crippen molar-refractivity contribution in [2.24, 2.45) is 5.92 Å². The first-order valence-electron chi connectivity index (χ1n) is 4.74. The van der Waals surface area contributed by atoms with Crippen molar-refractivity contribution in [3.63, 3.8) is 0 Å². The zero-order chi connectivity index (χ0) is 9.97. The van der Waals surface area contributed by atoms with Crippen molar-refractivity contribution in [1.29, 1.82) is 0 Å². The molecule has 76 valence electrons. The van der Waals surface area contributed by atoms with Gasteiger partial charge in [-0.3, -0.25) is 0 Å². The molecule has 14 heavy (non-hydrogen) atoms. The molecule has 0 saturated carbocycles. The molecule has 0 unspecified atom stereocenters. The van der Waals surface area contributed by atoms with Crippen LogP contribution in [0, 0.1) is 5.92 Å². The van der Waals surface area contributed by atoms with Crippen LogP contribution in [0.25, 0.3) is 0 Å². The molecule has 2 rings (SSSR count). The third-order valence-corrected chi connectivity index (χ3v) is 2.42. The fourth-order valence-corrected chi connectivity index (χ4v) is 1.64. The molecule has 2 nitrogen and oxygen atoms in total. The maximum Gasteiger partial charge on any atom is 0.183 e. The minimum Gasteiger partial charge on any atom is -0.348 e. The summed E-state index contributed by atoms with van der Waals surface area (Å²) in [7, 11) is 0. The summed E-state index contributed by atoms with van der Waals surface area (Å²) in [4.78, 5) is 0. The first-order chi connectivity index (χ1) is 6.75. The van der Waals surface area contributed by atoms with Crippen molar-refractivity contribution in [3.05, 3.63) is 34.9 Å². The van der Waals surface area contributed by atoms with Crippen LogP contribution in [0.3, 0.4) is 0 Å². The normalized spacial score (nSPS) is 27.6. The summed E-state index contributed by atoms with van der Waals surface area (Å²) in [5.41, 5.74) is 0.990. The second-order valence-electron chi connectivity index (χ2n) is 3.66. The lowest BCUT2D eigenvalue weighted by atomic mass is 10.1. The number of ether oxygens (including phenoxy) is 2. The lowest BCUT2D eigenvalue weighted by Gasteiger charge is -2.27. The van der Waals surface area contributed by atoms with E-state index in [0.717, 1.165) is 18.8 Å². The molecule has 0 radical (unpaired) electrons. The zero-order valence-electron chi connectivity index (χ0n) is 8.07. The summed E-state index contributed by atoms with van der Waals surface area (Å²) in [6.45, 7) is 3.60. The van der Waals surface area contributed by atoms with Crippen LogP contribution in [0.5, 0.6) is 0 Å². The van der Waals surface area contributed by atoms with E-state index in [4.69, 9.17) is 21.1 Å². The van der Waals surface area contributed by atoms with E-state index in [1.54, 1.807) is 0 Å². The van der Waals surface area contributed by atoms with Gasteiger partial charge in [0.05, 0.1) is 13.2 Å². The quantitative estimate of drug-likeness (QED) is 0.713. The molecule has 0 spiro atoms. The monoisotopic (exact) mass is 212 g/mol. The lowest BCUT2D eigenvalue weighted by molar-refractivity contribution is -0.202. The van der Waals surface area contributed by atoms with Gasteiger partial charge < -0.3 is 9.47 Å². The van der Waals surface area contributed by atoms with E-state index in [0.29, 0.717) is 10.9 Å². The Hall–Kier alpha value is -0.570. The molecule has 1 saturated heterocycles. The molecule has 0 atom stereocenters. The van der Waals surface area contributed by atoms with Gasteiger partial charge in [0.2, 0.25) is 0 Å². The fourth-order valence-electron chi connectivity index (χ4n) is 1.45. The Morgan fingerprint density at radius 3 is 2.64 bits per heavy atom. The third-order valence-electron chi connectivity index (χ3n) is 2.19. The van der Waals surface area contributed by atoms with E-state index in [9.17, 15) is 0 Å². The SMILES string of the molecule is CC1COC(c2cccc(Cl)c2)OC1. The number of rotatable bonds is 1. The number of benzene rings is 1. The van der Waals surface area contributed by atoms with Gasteiger partial charge in [0.1, 0.15) is 0 Å². The molecule has 0 aromatic heterocycles. The van der Waals surface area contributed by atoms with Crippen LogP contribution in [0.2, 0.25) is 5.02 Å². The van der Waals surface area contributed by atoms with E-state index in [-0.39, 0.29) is 6.29 Å². The first-order valence-corrected chi connectivity index (χ1v) is 5.12. The predicted molar refractivity (Wildman–Crippen MR) is 55.3 cm³/mol. The fraction of sp³-hybridized carbons (Fsp3) is 0.455. The van der Waals surface area contributed by atoms with Crippen LogP contribution in [0.4, 0.5) is 0 Å². The van der Waals surface area contributed by atoms with Crippen LogP contribution < -0.4 is 0 Å². The smallest absolute Gasteiger partial charge is 0.183 e. The molecule has 0 amide bonds. The van der Waals surface area contributed by atoms with Gasteiger partial charge in [0, 0.05) is 16.5 Å². The average molecular weight is 213 g/mol. The van der Waals surface area contributed by atoms with Crippen molar-refractivity contribution in [1.82, 2.24) is 0 Å². The summed E-state index contributed by atoms with van der Waals surface area (Å²) < 4.78 is 11.1. The molecular weight excluding hydrogens is 200 g/mol. The zero-order valence-corrected chi connectivity index (χ0v) is 8.83. The van der Waals surface area contributed by atoms with E-state index in [1.807, 2.05) is 24.3 Å². The molecule has 3 heteroatoms. The predicted octanol–water partition coefficient (Wildman–Crippen LogP) is 3.02. The molecule has 0 N–H and O–H groups in total. The summed E-state index contributed by atoms with van der Waals surface area (Å²) >= 11 is 5.88. The Morgan fingerprint density at radius 1 is 1.29 bits per heavy atom. The number of hydrogen-bond acceptors (Lipinski definition) is 2. The summed E-state index contributed by atoms with van der Waals surface area (Å²) in [5.74, 6) is 0.477. The van der Waals surface area contributed by atoms with E-state index in [2.05, 4.69) is 6.92 Å². The highest BCUT2D eigenvalue weighted by atomic mass is 35.5. The highest BCUT2D eigenvalue weighted by Crippen LogP contribution is 2.26. The Kier molecular flexibility index (Phi) is 3.06. The van der Waals surface area contributed by atoms with Crippen LogP contribution in [-0.2, 0) is 9.47 Å². The van der Waals surface area contributed by atoms with Gasteiger partial charge in [-0.1, -0.05) is 30.7 Å². The van der Waals surface area contributed by atoms with Gasteiger partial charge in [-0.15, -0.1) is 0 Å². The van der Waals surface area contributed by atoms with Crippen molar-refractivity contribution in [2.75, 3.05) is 13.2 Å². The highest BCUT2D eigenvalue weighted by Gasteiger charge is 2.20. The Morgan fingerprint density at radius 2 is 2.00 bits per heavy atom. The van der Waals surface area contributed by atoms with Crippen LogP contribution in [0.1, 0.15) is 18.8 Å². The maximum absolute atomic E-state index is 5.88. The number of halogens is 1. The molecule has 1 aromatic carbocycles. The van der Waals surface area contributed by atoms with E-state index >= 15 is 0 Å². The van der Waals surface area contributed by atoms with Gasteiger partial charge >= 0.3 is 0 Å². The maximum atomic E-state index is 5.88. The minimum absolute atomic E-state index is 0.245. The topological polar surface area (TPSA) is 18.5 Å². The van der Waals surface area contributed by atoms with Crippen molar-refractivity contribution in [2.45, 2.75) is 13.2 Å². The van der Waals surface area contributed by atoms with Gasteiger partial charge in [-0.25, -0.2) is 0 Å². The number of hydrogen-bond donors (Lipinski definition) is 0. The molecule has 0 aliphatic carbocycles. The summed E-state index contributed by atoms with van der Waals surface area (Å²) in [5, 5.41) is 0.716. The van der Waals surface area contributed by atoms with Gasteiger partial charge in [-0.05, 0) is 12.1 Å². The van der Waals surface area contributed by atoms with E-state index in [1.165, 1.54) is 0 Å². The Balaban J connectivity index is 2.08. The van der Waals surface area contributed by atoms with Crippen LogP contribution in [-0.4, -0.2) is 13.2 Å². The largest absolute Gasteiger partial charge is 0.348 e. The third kappa shape index (κ3) is 2.27. The average Bonchev–Trinajstić information content (AvgIpc) is 2.19. The molecule has 1 heterocycles. The molecule has 1 fully saturated rings. The molecule has 0 bridgehead atoms. The van der Waals surface area contributed by atoms with Gasteiger partial charge in [0.25, 0.3) is 0 Å². The summed E-state index contributed by atoms with van der Waals surface area (Å²) in [6.07, 6.45) is -0.245. The molecule has 1 aromatic rings. The minimum atomic E-state index is -0.245. The second-order valence-corrected chi connectivity index (χ2v) is 4.10. The van der Waals surface area contributed by atoms with Crippen molar-refractivity contribution < 1.29 is 9.47 Å². The van der Waals surface area contributed by atoms with Gasteiger partial charge in [-0.2, -0.15) is 0 Å². The molecule has 1 aliphatic heterocycles. The standard InChI is InChI=1S/C11H13ClO2/c1-8-6-13-11(14-7-8)9-3-2-4-10(12)5-9/h2-5,8,11H,6-7H2,1H3. The van der Waals surface area contributed by atoms with Crippen molar-refractivity contribution in [3.8, 4) is 0 Å². The van der Waals surface area contributed by atoms with Gasteiger partial charge in [0.15, 0.2) is 6.29 Å². The highest BCUT2D eigenvalue weighted by molar-refractivity contribution is 6.30. The Bertz CT molecular complexity index is 306. The lowest BCUT2D eigenvalue weighted by Crippen LogP contribution is -2.24. The van der Waals surface area contributed by atoms with Crippen LogP contribution >= 0.6 is 11.6 Å². The Labute approximate surface area is 88.8 Å². The first kappa shape index (κ1) is 9.97.